The Hall–Kier alpha value is -2.00. The molecule has 112 valence electrons. The van der Waals surface area contributed by atoms with Gasteiger partial charge in [-0.1, -0.05) is 6.07 Å². The van der Waals surface area contributed by atoms with Gasteiger partial charge in [-0.05, 0) is 12.1 Å². The topological polar surface area (TPSA) is 137 Å². The van der Waals surface area contributed by atoms with Crippen LogP contribution in [0.4, 0.5) is 10.5 Å². The normalized spacial score (nSPS) is 11.0. The summed E-state index contributed by atoms with van der Waals surface area (Å²) in [5, 5.41) is 2.27. The van der Waals surface area contributed by atoms with E-state index in [0.29, 0.717) is 11.4 Å². The summed E-state index contributed by atoms with van der Waals surface area (Å²) in [4.78, 5) is 10.4. The lowest BCUT2D eigenvalue weighted by molar-refractivity contribution is 0.249. The summed E-state index contributed by atoms with van der Waals surface area (Å²) in [6.07, 6.45) is 0. The molecule has 1 aromatic rings. The van der Waals surface area contributed by atoms with E-state index >= 15 is 0 Å². The maximum absolute atomic E-state index is 11.6. The van der Waals surface area contributed by atoms with Gasteiger partial charge in [0.2, 0.25) is 10.0 Å². The molecule has 1 rings (SSSR count). The predicted molar refractivity (Wildman–Crippen MR) is 75.7 cm³/mol. The van der Waals surface area contributed by atoms with Crippen LogP contribution in [0.5, 0.6) is 5.75 Å². The highest BCUT2D eigenvalue weighted by atomic mass is 32.2. The smallest absolute Gasteiger partial charge is 0.312 e. The van der Waals surface area contributed by atoms with Crippen LogP contribution in [0.2, 0.25) is 0 Å². The third kappa shape index (κ3) is 6.81. The van der Waals surface area contributed by atoms with Crippen molar-refractivity contribution in [2.24, 2.45) is 5.73 Å². The molecule has 0 unspecified atom stereocenters. The van der Waals surface area contributed by atoms with Crippen LogP contribution in [0.1, 0.15) is 0 Å². The van der Waals surface area contributed by atoms with Gasteiger partial charge in [-0.15, -0.1) is 0 Å². The van der Waals surface area contributed by atoms with Crippen molar-refractivity contribution in [2.75, 3.05) is 31.2 Å². The number of primary amides is 1. The fourth-order valence-corrected chi connectivity index (χ4v) is 2.20. The minimum Gasteiger partial charge on any atom is -0.492 e. The fourth-order valence-electron chi connectivity index (χ4n) is 1.34. The molecule has 0 spiro atoms. The van der Waals surface area contributed by atoms with Crippen molar-refractivity contribution in [1.82, 2.24) is 10.0 Å². The lowest BCUT2D eigenvalue weighted by Crippen LogP contribution is -2.38. The lowest BCUT2D eigenvalue weighted by atomic mass is 10.3. The zero-order valence-electron chi connectivity index (χ0n) is 10.8. The fraction of sp³-hybridized carbons (Fsp3) is 0.364. The zero-order chi connectivity index (χ0) is 15.0. The summed E-state index contributed by atoms with van der Waals surface area (Å²) in [5.41, 5.74) is 11.0. The number of nitrogen functional groups attached to an aromatic ring is 1. The number of hydrogen-bond acceptors (Lipinski definition) is 5. The second-order valence-corrected chi connectivity index (χ2v) is 5.85. The Morgan fingerprint density at radius 3 is 2.70 bits per heavy atom. The maximum Gasteiger partial charge on any atom is 0.312 e. The van der Waals surface area contributed by atoms with E-state index in [-0.39, 0.29) is 25.4 Å². The van der Waals surface area contributed by atoms with Gasteiger partial charge in [0, 0.05) is 24.8 Å². The van der Waals surface area contributed by atoms with Crippen LogP contribution >= 0.6 is 0 Å². The molecule has 0 aliphatic carbocycles. The number of carbonyl (C=O) groups excluding carboxylic acids is 1. The molecular formula is C11H18N4O4S. The first-order valence-corrected chi connectivity index (χ1v) is 7.53. The first kappa shape index (κ1) is 16.1. The number of amides is 2. The standard InChI is InChI=1S/C11H18N4O4S/c12-9-2-1-3-10(8-9)19-6-7-20(17,18)15-5-4-14-11(13)16/h1-3,8,15H,4-7,12H2,(H3,13,14,16). The number of sulfonamides is 1. The number of ether oxygens (including phenoxy) is 1. The Kier molecular flexibility index (Phi) is 6.07. The highest BCUT2D eigenvalue weighted by Gasteiger charge is 2.09. The maximum atomic E-state index is 11.6. The van der Waals surface area contributed by atoms with Crippen molar-refractivity contribution in [3.8, 4) is 5.75 Å². The SMILES string of the molecule is NC(=O)NCCNS(=O)(=O)CCOc1cccc(N)c1. The summed E-state index contributed by atoms with van der Waals surface area (Å²) in [5.74, 6) is 0.314. The predicted octanol–water partition coefficient (Wildman–Crippen LogP) is -0.765. The lowest BCUT2D eigenvalue weighted by Gasteiger charge is -2.09. The van der Waals surface area contributed by atoms with E-state index in [2.05, 4.69) is 10.0 Å². The number of hydrogen-bond donors (Lipinski definition) is 4. The van der Waals surface area contributed by atoms with Crippen molar-refractivity contribution >= 4 is 21.7 Å². The van der Waals surface area contributed by atoms with Gasteiger partial charge in [-0.3, -0.25) is 0 Å². The molecule has 1 aromatic carbocycles. The minimum absolute atomic E-state index is 0.00202. The Bertz CT molecular complexity index is 547. The van der Waals surface area contributed by atoms with E-state index in [1.54, 1.807) is 24.3 Å². The van der Waals surface area contributed by atoms with Crippen LogP contribution in [0.25, 0.3) is 0 Å². The molecule has 6 N–H and O–H groups in total. The highest BCUT2D eigenvalue weighted by molar-refractivity contribution is 7.89. The average Bonchev–Trinajstić information content (AvgIpc) is 2.34. The second-order valence-electron chi connectivity index (χ2n) is 3.93. The molecule has 0 aliphatic rings. The van der Waals surface area contributed by atoms with Gasteiger partial charge in [0.25, 0.3) is 0 Å². The average molecular weight is 302 g/mol. The first-order valence-electron chi connectivity index (χ1n) is 5.88. The van der Waals surface area contributed by atoms with Gasteiger partial charge in [0.1, 0.15) is 12.4 Å². The number of carbonyl (C=O) groups is 1. The molecule has 0 radical (unpaired) electrons. The Morgan fingerprint density at radius 1 is 1.30 bits per heavy atom. The molecule has 8 nitrogen and oxygen atoms in total. The Morgan fingerprint density at radius 2 is 2.05 bits per heavy atom. The summed E-state index contributed by atoms with van der Waals surface area (Å²) < 4.78 is 30.7. The van der Waals surface area contributed by atoms with E-state index in [1.165, 1.54) is 0 Å². The van der Waals surface area contributed by atoms with Crippen LogP contribution in [0, 0.1) is 0 Å². The quantitative estimate of drug-likeness (QED) is 0.369. The summed E-state index contributed by atoms with van der Waals surface area (Å²) >= 11 is 0. The number of nitrogens with one attached hydrogen (secondary N) is 2. The van der Waals surface area contributed by atoms with Crippen molar-refractivity contribution in [3.63, 3.8) is 0 Å². The molecule has 0 aliphatic heterocycles. The largest absolute Gasteiger partial charge is 0.492 e. The van der Waals surface area contributed by atoms with Crippen LogP contribution in [-0.2, 0) is 10.0 Å². The molecule has 20 heavy (non-hydrogen) atoms. The third-order valence-electron chi connectivity index (χ3n) is 2.23. The molecule has 0 heterocycles. The molecule has 0 saturated heterocycles. The van der Waals surface area contributed by atoms with E-state index in [9.17, 15) is 13.2 Å². The van der Waals surface area contributed by atoms with Gasteiger partial charge < -0.3 is 21.5 Å². The molecule has 0 bridgehead atoms. The van der Waals surface area contributed by atoms with E-state index < -0.39 is 16.1 Å². The van der Waals surface area contributed by atoms with E-state index in [4.69, 9.17) is 16.2 Å². The number of benzene rings is 1. The number of urea groups is 1. The van der Waals surface area contributed by atoms with Crippen LogP contribution in [-0.4, -0.2) is 39.9 Å². The molecule has 9 heteroatoms. The van der Waals surface area contributed by atoms with Crippen LogP contribution in [0.3, 0.4) is 0 Å². The number of nitrogens with two attached hydrogens (primary N) is 2. The second kappa shape index (κ2) is 7.56. The van der Waals surface area contributed by atoms with E-state index in [0.717, 1.165) is 0 Å². The summed E-state index contributed by atoms with van der Waals surface area (Å²) in [7, 11) is -3.46. The summed E-state index contributed by atoms with van der Waals surface area (Å²) in [6.45, 7) is 0.205. The molecule has 0 saturated carbocycles. The van der Waals surface area contributed by atoms with Crippen LogP contribution < -0.4 is 26.2 Å². The Labute approximate surface area is 117 Å². The molecule has 2 amide bonds. The number of rotatable bonds is 8. The van der Waals surface area contributed by atoms with Gasteiger partial charge in [-0.2, -0.15) is 0 Å². The van der Waals surface area contributed by atoms with Crippen molar-refractivity contribution < 1.29 is 17.9 Å². The molecule has 0 aromatic heterocycles. The van der Waals surface area contributed by atoms with Crippen molar-refractivity contribution in [3.05, 3.63) is 24.3 Å². The van der Waals surface area contributed by atoms with Crippen molar-refractivity contribution in [1.29, 1.82) is 0 Å². The highest BCUT2D eigenvalue weighted by Crippen LogP contribution is 2.14. The molecule has 0 fully saturated rings. The van der Waals surface area contributed by atoms with Crippen LogP contribution in [0.15, 0.2) is 24.3 Å². The molecule has 0 atom stereocenters. The third-order valence-corrected chi connectivity index (χ3v) is 3.57. The van der Waals surface area contributed by atoms with Gasteiger partial charge in [0.05, 0.1) is 5.75 Å². The zero-order valence-corrected chi connectivity index (χ0v) is 11.7. The number of anilines is 1. The van der Waals surface area contributed by atoms with Gasteiger partial charge in [-0.25, -0.2) is 17.9 Å². The first-order chi connectivity index (χ1) is 9.39. The molecular weight excluding hydrogens is 284 g/mol. The Balaban J connectivity index is 2.27. The minimum atomic E-state index is -3.46. The van der Waals surface area contributed by atoms with Gasteiger partial charge >= 0.3 is 6.03 Å². The van der Waals surface area contributed by atoms with Gasteiger partial charge in [0.15, 0.2) is 0 Å². The summed E-state index contributed by atoms with van der Waals surface area (Å²) in [6, 6.07) is 6.02. The van der Waals surface area contributed by atoms with E-state index in [1.807, 2.05) is 0 Å². The van der Waals surface area contributed by atoms with Crippen molar-refractivity contribution in [2.45, 2.75) is 0 Å². The monoisotopic (exact) mass is 302 g/mol.